The van der Waals surface area contributed by atoms with Gasteiger partial charge in [0, 0.05) is 11.1 Å². The summed E-state index contributed by atoms with van der Waals surface area (Å²) >= 11 is 0. The van der Waals surface area contributed by atoms with Crippen LogP contribution in [0.1, 0.15) is 42.9 Å². The summed E-state index contributed by atoms with van der Waals surface area (Å²) in [6, 6.07) is 18.6. The lowest BCUT2D eigenvalue weighted by Gasteiger charge is -2.10. The Bertz CT molecular complexity index is 555. The van der Waals surface area contributed by atoms with E-state index in [9.17, 15) is 0 Å². The second-order valence-electron chi connectivity index (χ2n) is 4.51. The van der Waals surface area contributed by atoms with Crippen molar-refractivity contribution in [1.29, 1.82) is 0 Å². The molecule has 0 aliphatic rings. The average molecular weight is 234 g/mol. The first-order valence-electron chi connectivity index (χ1n) is 6.47. The molecule has 18 heavy (non-hydrogen) atoms. The molecule has 0 heteroatoms. The first-order chi connectivity index (χ1) is 8.81. The van der Waals surface area contributed by atoms with Crippen molar-refractivity contribution in [2.75, 3.05) is 0 Å². The van der Waals surface area contributed by atoms with Gasteiger partial charge in [-0.2, -0.15) is 0 Å². The minimum atomic E-state index is 0.561. The Hall–Kier alpha value is -2.00. The first kappa shape index (κ1) is 12.5. The summed E-state index contributed by atoms with van der Waals surface area (Å²) < 4.78 is 0. The van der Waals surface area contributed by atoms with Crippen LogP contribution in [0.4, 0.5) is 0 Å². The van der Waals surface area contributed by atoms with Gasteiger partial charge in [0.2, 0.25) is 0 Å². The predicted octanol–water partition coefficient (Wildman–Crippen LogP) is 4.60. The maximum absolute atomic E-state index is 3.29. The molecular formula is C18H18. The Morgan fingerprint density at radius 2 is 1.56 bits per heavy atom. The molecule has 0 fully saturated rings. The van der Waals surface area contributed by atoms with Crippen molar-refractivity contribution in [1.82, 2.24) is 0 Å². The quantitative estimate of drug-likeness (QED) is 0.666. The van der Waals surface area contributed by atoms with Crippen LogP contribution in [0.2, 0.25) is 0 Å². The highest BCUT2D eigenvalue weighted by Gasteiger charge is 2.05. The van der Waals surface area contributed by atoms with Crippen LogP contribution in [-0.4, -0.2) is 0 Å². The topological polar surface area (TPSA) is 0 Å². The van der Waals surface area contributed by atoms with Gasteiger partial charge in [-0.3, -0.25) is 0 Å². The lowest BCUT2D eigenvalue weighted by atomic mass is 9.94. The summed E-state index contributed by atoms with van der Waals surface area (Å²) in [5.41, 5.74) is 3.57. The van der Waals surface area contributed by atoms with Gasteiger partial charge in [-0.05, 0) is 36.1 Å². The van der Waals surface area contributed by atoms with Gasteiger partial charge in [0.15, 0.2) is 0 Å². The van der Waals surface area contributed by atoms with Crippen LogP contribution in [-0.2, 0) is 0 Å². The molecule has 0 N–H and O–H groups in total. The fourth-order valence-corrected chi connectivity index (χ4v) is 1.92. The summed E-state index contributed by atoms with van der Waals surface area (Å²) in [6.07, 6.45) is 1.14. The highest BCUT2D eigenvalue weighted by Crippen LogP contribution is 2.21. The van der Waals surface area contributed by atoms with E-state index in [-0.39, 0.29) is 0 Å². The van der Waals surface area contributed by atoms with Crippen LogP contribution in [0.15, 0.2) is 54.6 Å². The highest BCUT2D eigenvalue weighted by atomic mass is 14.1. The van der Waals surface area contributed by atoms with Crippen molar-refractivity contribution >= 4 is 0 Å². The molecule has 2 aromatic rings. The number of rotatable bonds is 2. The van der Waals surface area contributed by atoms with E-state index in [2.05, 4.69) is 50.0 Å². The van der Waals surface area contributed by atoms with Crippen LogP contribution >= 0.6 is 0 Å². The van der Waals surface area contributed by atoms with Crippen molar-refractivity contribution < 1.29 is 0 Å². The zero-order valence-corrected chi connectivity index (χ0v) is 11.0. The molecule has 0 spiro atoms. The number of benzene rings is 2. The molecule has 90 valence electrons. The fourth-order valence-electron chi connectivity index (χ4n) is 1.92. The summed E-state index contributed by atoms with van der Waals surface area (Å²) in [4.78, 5) is 0. The van der Waals surface area contributed by atoms with E-state index in [0.29, 0.717) is 5.92 Å². The van der Waals surface area contributed by atoms with E-state index in [1.807, 2.05) is 30.3 Å². The van der Waals surface area contributed by atoms with Gasteiger partial charge in [-0.1, -0.05) is 62.1 Å². The van der Waals surface area contributed by atoms with E-state index in [1.54, 1.807) is 0 Å². The summed E-state index contributed by atoms with van der Waals surface area (Å²) in [7, 11) is 0. The molecule has 0 bridgehead atoms. The third-order valence-electron chi connectivity index (χ3n) is 3.22. The molecule has 1 atom stereocenters. The highest BCUT2D eigenvalue weighted by molar-refractivity contribution is 5.47. The lowest BCUT2D eigenvalue weighted by Crippen LogP contribution is -1.94. The van der Waals surface area contributed by atoms with Crippen molar-refractivity contribution in [3.63, 3.8) is 0 Å². The summed E-state index contributed by atoms with van der Waals surface area (Å²) in [6.45, 7) is 4.47. The molecule has 0 aliphatic carbocycles. The average Bonchev–Trinajstić information content (AvgIpc) is 2.45. The molecule has 0 aromatic heterocycles. The fraction of sp³-hybridized carbons (Fsp3) is 0.222. The van der Waals surface area contributed by atoms with Gasteiger partial charge in [0.25, 0.3) is 0 Å². The Morgan fingerprint density at radius 1 is 0.889 bits per heavy atom. The van der Waals surface area contributed by atoms with Crippen LogP contribution in [0, 0.1) is 11.8 Å². The van der Waals surface area contributed by atoms with Crippen molar-refractivity contribution in [2.24, 2.45) is 0 Å². The van der Waals surface area contributed by atoms with E-state index in [0.717, 1.165) is 17.5 Å². The van der Waals surface area contributed by atoms with E-state index in [1.165, 1.54) is 5.56 Å². The van der Waals surface area contributed by atoms with Gasteiger partial charge in [-0.15, -0.1) is 0 Å². The minimum Gasteiger partial charge on any atom is -0.0648 e. The second-order valence-corrected chi connectivity index (χ2v) is 4.51. The molecule has 0 aliphatic heterocycles. The normalized spacial score (nSPS) is 11.4. The summed E-state index contributed by atoms with van der Waals surface area (Å²) in [5.74, 6) is 7.09. The van der Waals surface area contributed by atoms with Gasteiger partial charge < -0.3 is 0 Å². The predicted molar refractivity (Wildman–Crippen MR) is 77.6 cm³/mol. The lowest BCUT2D eigenvalue weighted by molar-refractivity contribution is 0.732. The maximum Gasteiger partial charge on any atom is 0.0283 e. The van der Waals surface area contributed by atoms with Crippen molar-refractivity contribution in [2.45, 2.75) is 26.2 Å². The monoisotopic (exact) mass is 234 g/mol. The number of hydrogen-bond donors (Lipinski definition) is 0. The Kier molecular flexibility index (Phi) is 4.20. The van der Waals surface area contributed by atoms with Crippen LogP contribution in [0.3, 0.4) is 0 Å². The van der Waals surface area contributed by atoms with Crippen molar-refractivity contribution in [3.8, 4) is 11.8 Å². The minimum absolute atomic E-state index is 0.561. The first-order valence-corrected chi connectivity index (χ1v) is 6.47. The molecule has 2 aromatic carbocycles. The standard InChI is InChI=1S/C18H18/c1-3-15(2)18-12-8-7-11-17(18)14-13-16-9-5-4-6-10-16/h4-12,15H,3H2,1-2H3. The van der Waals surface area contributed by atoms with E-state index < -0.39 is 0 Å². The van der Waals surface area contributed by atoms with Crippen LogP contribution in [0.25, 0.3) is 0 Å². The Morgan fingerprint density at radius 3 is 2.28 bits per heavy atom. The third-order valence-corrected chi connectivity index (χ3v) is 3.22. The van der Waals surface area contributed by atoms with Crippen LogP contribution in [0.5, 0.6) is 0 Å². The molecule has 1 unspecified atom stereocenters. The number of hydrogen-bond acceptors (Lipinski definition) is 0. The molecule has 0 saturated carbocycles. The molecule has 0 nitrogen and oxygen atoms in total. The zero-order chi connectivity index (χ0) is 12.8. The molecule has 0 amide bonds. The van der Waals surface area contributed by atoms with Gasteiger partial charge >= 0.3 is 0 Å². The van der Waals surface area contributed by atoms with Gasteiger partial charge in [-0.25, -0.2) is 0 Å². The Labute approximate surface area is 110 Å². The van der Waals surface area contributed by atoms with Crippen LogP contribution < -0.4 is 0 Å². The zero-order valence-electron chi connectivity index (χ0n) is 11.0. The molecule has 0 heterocycles. The van der Waals surface area contributed by atoms with Gasteiger partial charge in [0.1, 0.15) is 0 Å². The molecule has 0 saturated heterocycles. The van der Waals surface area contributed by atoms with E-state index >= 15 is 0 Å². The van der Waals surface area contributed by atoms with Crippen molar-refractivity contribution in [3.05, 3.63) is 71.3 Å². The molecular weight excluding hydrogens is 216 g/mol. The summed E-state index contributed by atoms with van der Waals surface area (Å²) in [5, 5.41) is 0. The second kappa shape index (κ2) is 6.07. The smallest absolute Gasteiger partial charge is 0.0283 e. The maximum atomic E-state index is 3.29. The SMILES string of the molecule is CCC(C)c1ccccc1C#Cc1ccccc1. The third kappa shape index (κ3) is 3.02. The van der Waals surface area contributed by atoms with Gasteiger partial charge in [0.05, 0.1) is 0 Å². The van der Waals surface area contributed by atoms with E-state index in [4.69, 9.17) is 0 Å². The molecule has 0 radical (unpaired) electrons. The Balaban J connectivity index is 2.33. The molecule has 2 rings (SSSR count). The largest absolute Gasteiger partial charge is 0.0648 e.